The van der Waals surface area contributed by atoms with Crippen LogP contribution in [0.4, 0.5) is 0 Å². The molecule has 9 heteroatoms. The van der Waals surface area contributed by atoms with E-state index in [9.17, 15) is 14.4 Å². The van der Waals surface area contributed by atoms with E-state index in [4.69, 9.17) is 18.9 Å². The van der Waals surface area contributed by atoms with Gasteiger partial charge in [-0.1, -0.05) is 137 Å². The third kappa shape index (κ3) is 14.0. The van der Waals surface area contributed by atoms with Crippen molar-refractivity contribution < 1.29 is 33.3 Å². The lowest BCUT2D eigenvalue weighted by molar-refractivity contribution is -0.214. The van der Waals surface area contributed by atoms with Crippen molar-refractivity contribution in [2.75, 3.05) is 20.6 Å². The van der Waals surface area contributed by atoms with Crippen LogP contribution < -0.4 is 15.9 Å². The fourth-order valence-corrected chi connectivity index (χ4v) is 26.9. The number of methoxy groups -OCH3 is 2. The fraction of sp³-hybridized carbons (Fsp3) is 0.713. The molecule has 11 rings (SSSR count). The molecule has 0 spiro atoms. The molecule has 8 aliphatic carbocycles. The number of hydrogen-bond donors (Lipinski definition) is 0. The van der Waals surface area contributed by atoms with Crippen LogP contribution in [0.2, 0.25) is 0 Å². The molecule has 0 radical (unpaired) electrons. The predicted molar refractivity (Wildman–Crippen MR) is 372 cm³/mol. The average molecular weight is 1260 g/mol. The number of aldehydes is 1. The minimum absolute atomic E-state index is 0. The largest absolute Gasteiger partial charge is 0.505 e. The molecule has 0 saturated heterocycles. The van der Waals surface area contributed by atoms with Gasteiger partial charge in [0.25, 0.3) is 0 Å². The third-order valence-electron chi connectivity index (χ3n) is 27.1. The number of fused-ring (bicyclic) bond motifs is 10. The van der Waals surface area contributed by atoms with Crippen LogP contribution in [0.15, 0.2) is 103 Å². The van der Waals surface area contributed by atoms with Gasteiger partial charge in [-0.15, -0.1) is 12.4 Å². The van der Waals surface area contributed by atoms with E-state index in [1.54, 1.807) is 28.1 Å². The molecule has 3 aromatic rings. The number of allylic oxidation sites excluding steroid dienone is 1. The summed E-state index contributed by atoms with van der Waals surface area (Å²) in [6.45, 7) is 28.2. The molecule has 3 aromatic carbocycles. The Labute approximate surface area is 548 Å². The fourth-order valence-electron chi connectivity index (χ4n) is 23.1. The Balaban J connectivity index is 0.000000175. The SMILES string of the molecule is CC[C@H]1[C@@H](OC(C)=O)[C@@H]2[C@H](CC[C@]3(C)[C@@H]([C@H](C)CC/C=C/OC)CC[C@@H]23)[C@@]2(C)CC[C@@H](C)C[C@@H]12.CC[C@H]1[C@@H](OC(C)=O)[C@@H]2[C@H](CC[C@]3(C)[C@@H]([C@H](C)CCC=O)CC[C@@H]23)[C@@]2(C)CC[C@@H](C)C[C@@H]12.COC[P+](c1ccccc1)(c1ccccc1)c1ccccc1.Cl. The van der Waals surface area contributed by atoms with Crippen LogP contribution in [0.5, 0.6) is 0 Å². The van der Waals surface area contributed by atoms with E-state index in [0.717, 1.165) is 55.6 Å². The van der Waals surface area contributed by atoms with Gasteiger partial charge in [0.1, 0.15) is 41.7 Å². The maximum absolute atomic E-state index is 12.4. The summed E-state index contributed by atoms with van der Waals surface area (Å²) < 4.78 is 23.5. The van der Waals surface area contributed by atoms with Crippen LogP contribution in [0, 0.1) is 116 Å². The lowest BCUT2D eigenvalue weighted by atomic mass is 9.41. The molecule has 8 aliphatic rings. The van der Waals surface area contributed by atoms with Gasteiger partial charge in [0, 0.05) is 39.2 Å². The molecule has 0 aliphatic heterocycles. The van der Waals surface area contributed by atoms with Gasteiger partial charge >= 0.3 is 11.9 Å². The van der Waals surface area contributed by atoms with Gasteiger partial charge in [0.15, 0.2) is 6.35 Å². The quantitative estimate of drug-likeness (QED) is 0.0543. The Hall–Kier alpha value is -3.51. The normalized spacial score (nSPS) is 38.3. The Morgan fingerprint density at radius 2 is 0.910 bits per heavy atom. The van der Waals surface area contributed by atoms with Crippen molar-refractivity contribution in [1.29, 1.82) is 0 Å². The molecule has 0 aromatic heterocycles. The first-order valence-electron chi connectivity index (χ1n) is 35.7. The third-order valence-corrected chi connectivity index (χ3v) is 31.3. The monoisotopic (exact) mass is 1260 g/mol. The van der Waals surface area contributed by atoms with Gasteiger partial charge in [-0.25, -0.2) is 0 Å². The number of carbonyl (C=O) groups is 3. The number of hydrogen-bond acceptors (Lipinski definition) is 7. The highest BCUT2D eigenvalue weighted by molar-refractivity contribution is 7.95. The predicted octanol–water partition coefficient (Wildman–Crippen LogP) is 19.1. The molecule has 8 saturated carbocycles. The molecule has 0 unspecified atom stereocenters. The number of ether oxygens (including phenoxy) is 4. The molecule has 494 valence electrons. The van der Waals surface area contributed by atoms with Gasteiger partial charge in [-0.3, -0.25) is 9.59 Å². The molecule has 7 nitrogen and oxygen atoms in total. The lowest BCUT2D eigenvalue weighted by Crippen LogP contribution is -2.62. The van der Waals surface area contributed by atoms with Crippen LogP contribution in [0.25, 0.3) is 0 Å². The zero-order chi connectivity index (χ0) is 63.2. The first-order valence-corrected chi connectivity index (χ1v) is 37.7. The molecule has 0 bridgehead atoms. The summed E-state index contributed by atoms with van der Waals surface area (Å²) >= 11 is 0. The number of esters is 2. The standard InChI is InChI=1S/C31H52O3.C29H48O3.C20H20OP.ClH/c1-8-23-27-19-20(2)14-16-31(27,6)26-15-17-30(5)24(21(3)11-9-10-18-33-7)12-13-25(30)28(26)29(23)34-22(4)32;1-7-21-25-17-18(2)12-14-29(25,6)24-13-15-28(5)22(19(3)9-8-16-30)10-11-23(28)26(24)27(21)32-20(4)31;1-21-17-22(18-11-5-2-6-12-18,19-13-7-3-8-14-19)20-15-9-4-10-16-20;/h10,18,20-21,23-29H,8-9,11-17,19H2,1-7H3;16,18-19,21-27H,7-15,17H2,1-6H3;2-16H,17H2,1H3;1H/q;;+1;/b18-10+;;;/t20-,21-,23-,24-,25+,26+,27+,28+,29-,30-,31-;18-,19-,21-,22-,23+,24+,25+,26+,27-,28-,29-;;/m11../s1. The van der Waals surface area contributed by atoms with Gasteiger partial charge in [0.2, 0.25) is 0 Å². The summed E-state index contributed by atoms with van der Waals surface area (Å²) in [5.74, 6) is 10.5. The Kier molecular flexibility index (Phi) is 24.6. The summed E-state index contributed by atoms with van der Waals surface area (Å²) in [5, 5.41) is 4.07. The number of benzene rings is 3. The minimum atomic E-state index is -1.78. The highest BCUT2D eigenvalue weighted by Gasteiger charge is 2.68. The first kappa shape index (κ1) is 71.3. The summed E-state index contributed by atoms with van der Waals surface area (Å²) in [6.07, 6.45) is 31.0. The Morgan fingerprint density at radius 3 is 1.26 bits per heavy atom. The molecule has 22 atom stereocenters. The summed E-state index contributed by atoms with van der Waals surface area (Å²) in [7, 11) is 1.75. The van der Waals surface area contributed by atoms with Gasteiger partial charge in [-0.2, -0.15) is 0 Å². The van der Waals surface area contributed by atoms with Crippen molar-refractivity contribution in [3.05, 3.63) is 103 Å². The van der Waals surface area contributed by atoms with Crippen LogP contribution in [0.3, 0.4) is 0 Å². The van der Waals surface area contributed by atoms with E-state index in [1.807, 2.05) is 6.26 Å². The van der Waals surface area contributed by atoms with E-state index in [2.05, 4.69) is 166 Å². The molecular formula is C80H121ClO7P+. The maximum Gasteiger partial charge on any atom is 0.302 e. The first-order chi connectivity index (χ1) is 42.2. The number of carbonyl (C=O) groups excluding carboxylic acids is 3. The summed E-state index contributed by atoms with van der Waals surface area (Å²) in [6, 6.07) is 32.3. The van der Waals surface area contributed by atoms with Crippen LogP contribution in [-0.4, -0.2) is 51.0 Å². The minimum Gasteiger partial charge on any atom is -0.505 e. The van der Waals surface area contributed by atoms with Gasteiger partial charge in [-0.05, 0) is 256 Å². The second-order valence-electron chi connectivity index (χ2n) is 31.4. The second-order valence-corrected chi connectivity index (χ2v) is 34.9. The van der Waals surface area contributed by atoms with Gasteiger partial charge < -0.3 is 23.7 Å². The topological polar surface area (TPSA) is 88.1 Å². The summed E-state index contributed by atoms with van der Waals surface area (Å²) in [5.41, 5.74) is 1.53. The van der Waals surface area contributed by atoms with E-state index in [-0.39, 0.29) is 36.6 Å². The smallest absolute Gasteiger partial charge is 0.302 e. The van der Waals surface area contributed by atoms with Crippen LogP contribution >= 0.6 is 19.7 Å². The second kappa shape index (κ2) is 30.7. The van der Waals surface area contributed by atoms with Crippen molar-refractivity contribution in [2.45, 2.75) is 224 Å². The molecular weight excluding hydrogens is 1140 g/mol. The van der Waals surface area contributed by atoms with Gasteiger partial charge in [0.05, 0.1) is 13.4 Å². The Morgan fingerprint density at radius 1 is 0.539 bits per heavy atom. The maximum atomic E-state index is 12.4. The molecule has 89 heavy (non-hydrogen) atoms. The highest BCUT2D eigenvalue weighted by atomic mass is 35.5. The zero-order valence-electron chi connectivity index (χ0n) is 57.8. The van der Waals surface area contributed by atoms with Crippen molar-refractivity contribution in [3.63, 3.8) is 0 Å². The molecule has 0 heterocycles. The van der Waals surface area contributed by atoms with Crippen molar-refractivity contribution in [1.82, 2.24) is 0 Å². The van der Waals surface area contributed by atoms with Crippen LogP contribution in [-0.2, 0) is 33.3 Å². The van der Waals surface area contributed by atoms with E-state index in [0.29, 0.717) is 105 Å². The Bertz CT molecular complexity index is 2640. The number of rotatable bonds is 18. The highest BCUT2D eigenvalue weighted by Crippen LogP contribution is 2.72. The molecule has 0 amide bonds. The van der Waals surface area contributed by atoms with E-state index < -0.39 is 7.26 Å². The zero-order valence-corrected chi connectivity index (χ0v) is 59.6. The van der Waals surface area contributed by atoms with Crippen LogP contribution in [0.1, 0.15) is 212 Å². The molecule has 0 N–H and O–H groups in total. The molecule has 8 fully saturated rings. The van der Waals surface area contributed by atoms with E-state index in [1.165, 1.54) is 112 Å². The van der Waals surface area contributed by atoms with Crippen molar-refractivity contribution >= 4 is 53.8 Å². The van der Waals surface area contributed by atoms with Crippen molar-refractivity contribution in [2.24, 2.45) is 116 Å². The average Bonchev–Trinajstić information content (AvgIpc) is 1.71. The summed E-state index contributed by atoms with van der Waals surface area (Å²) in [4.78, 5) is 35.8. The number of halogens is 1. The van der Waals surface area contributed by atoms with Crippen molar-refractivity contribution in [3.8, 4) is 0 Å². The lowest BCUT2D eigenvalue weighted by Gasteiger charge is -2.65. The van der Waals surface area contributed by atoms with E-state index >= 15 is 0 Å².